The second-order valence-corrected chi connectivity index (χ2v) is 5.73. The number of ether oxygens (including phenoxy) is 1. The predicted octanol–water partition coefficient (Wildman–Crippen LogP) is 4.42. The molecule has 0 saturated heterocycles. The van der Waals surface area contributed by atoms with Gasteiger partial charge in [0, 0.05) is 11.8 Å². The fourth-order valence-corrected chi connectivity index (χ4v) is 2.16. The van der Waals surface area contributed by atoms with E-state index in [1.54, 1.807) is 0 Å². The van der Waals surface area contributed by atoms with Gasteiger partial charge in [0.05, 0.1) is 18.0 Å². The van der Waals surface area contributed by atoms with Crippen molar-refractivity contribution in [3.63, 3.8) is 0 Å². The van der Waals surface area contributed by atoms with Gasteiger partial charge in [-0.1, -0.05) is 0 Å². The van der Waals surface area contributed by atoms with Crippen molar-refractivity contribution in [3.05, 3.63) is 60.3 Å². The maximum Gasteiger partial charge on any atom is 0.249 e. The molecule has 0 amide bonds. The van der Waals surface area contributed by atoms with Gasteiger partial charge in [-0.15, -0.1) is 5.10 Å². The van der Waals surface area contributed by atoms with E-state index in [0.29, 0.717) is 0 Å². The Morgan fingerprint density at radius 3 is 2.46 bits per heavy atom. The highest BCUT2D eigenvalue weighted by Crippen LogP contribution is 2.21. The van der Waals surface area contributed by atoms with E-state index in [2.05, 4.69) is 25.8 Å². The molecule has 3 rings (SSSR count). The Morgan fingerprint density at radius 1 is 1.00 bits per heavy atom. The van der Waals surface area contributed by atoms with E-state index in [9.17, 15) is 8.78 Å². The van der Waals surface area contributed by atoms with E-state index < -0.39 is 11.6 Å². The summed E-state index contributed by atoms with van der Waals surface area (Å²) in [6.07, 6.45) is 1.43. The Bertz CT molecular complexity index is 887. The average Bonchev–Trinajstić information content (AvgIpc) is 2.59. The van der Waals surface area contributed by atoms with Gasteiger partial charge in [0.15, 0.2) is 5.82 Å². The second-order valence-electron chi connectivity index (χ2n) is 5.73. The first-order valence-electron chi connectivity index (χ1n) is 7.95. The lowest BCUT2D eigenvalue weighted by Crippen LogP contribution is -2.05. The lowest BCUT2D eigenvalue weighted by Gasteiger charge is -2.11. The summed E-state index contributed by atoms with van der Waals surface area (Å²) in [6, 6.07) is 10.5. The van der Waals surface area contributed by atoms with Crippen LogP contribution < -0.4 is 15.4 Å². The molecule has 6 nitrogen and oxygen atoms in total. The van der Waals surface area contributed by atoms with Gasteiger partial charge in [-0.25, -0.2) is 8.78 Å². The number of aromatic nitrogens is 3. The van der Waals surface area contributed by atoms with Crippen molar-refractivity contribution in [1.82, 2.24) is 15.2 Å². The third-order valence-electron chi connectivity index (χ3n) is 3.23. The summed E-state index contributed by atoms with van der Waals surface area (Å²) in [6.45, 7) is 3.91. The van der Waals surface area contributed by atoms with Gasteiger partial charge in [-0.3, -0.25) is 0 Å². The van der Waals surface area contributed by atoms with E-state index in [4.69, 9.17) is 4.74 Å². The van der Waals surface area contributed by atoms with E-state index in [0.717, 1.165) is 23.6 Å². The van der Waals surface area contributed by atoms with Crippen molar-refractivity contribution in [1.29, 1.82) is 0 Å². The van der Waals surface area contributed by atoms with Gasteiger partial charge < -0.3 is 15.4 Å². The number of hydrogen-bond acceptors (Lipinski definition) is 6. The molecular weight excluding hydrogens is 340 g/mol. The minimum absolute atomic E-state index is 0.0908. The molecule has 2 aromatic carbocycles. The van der Waals surface area contributed by atoms with E-state index in [1.165, 1.54) is 12.3 Å². The second kappa shape index (κ2) is 7.73. The lowest BCUT2D eigenvalue weighted by atomic mass is 10.3. The summed E-state index contributed by atoms with van der Waals surface area (Å²) >= 11 is 0. The van der Waals surface area contributed by atoms with Crippen LogP contribution in [0.15, 0.2) is 48.7 Å². The molecule has 0 unspecified atom stereocenters. The first-order valence-corrected chi connectivity index (χ1v) is 7.95. The molecule has 0 aliphatic heterocycles. The van der Waals surface area contributed by atoms with Crippen molar-refractivity contribution in [3.8, 4) is 5.75 Å². The van der Waals surface area contributed by atoms with Crippen LogP contribution in [0.4, 0.5) is 31.9 Å². The third-order valence-corrected chi connectivity index (χ3v) is 3.23. The first kappa shape index (κ1) is 17.5. The molecule has 3 aromatic rings. The van der Waals surface area contributed by atoms with Crippen LogP contribution in [0.5, 0.6) is 5.75 Å². The van der Waals surface area contributed by atoms with Crippen LogP contribution in [-0.4, -0.2) is 21.3 Å². The number of nitrogens with zero attached hydrogens (tertiary/aromatic N) is 3. The van der Waals surface area contributed by atoms with Gasteiger partial charge in [0.1, 0.15) is 17.4 Å². The molecule has 1 heterocycles. The highest BCUT2D eigenvalue weighted by atomic mass is 19.1. The molecule has 26 heavy (non-hydrogen) atoms. The number of halogens is 2. The van der Waals surface area contributed by atoms with Crippen LogP contribution in [0.1, 0.15) is 13.8 Å². The normalized spacial score (nSPS) is 10.7. The molecule has 0 aliphatic carbocycles. The minimum atomic E-state index is -0.723. The Kier molecular flexibility index (Phi) is 5.21. The number of benzene rings is 2. The van der Waals surface area contributed by atoms with E-state index in [1.807, 2.05) is 38.1 Å². The molecule has 134 valence electrons. The molecular formula is C18H17F2N5O. The molecule has 0 bridgehead atoms. The minimum Gasteiger partial charge on any atom is -0.491 e. The average molecular weight is 357 g/mol. The van der Waals surface area contributed by atoms with Crippen molar-refractivity contribution in [2.75, 3.05) is 10.6 Å². The van der Waals surface area contributed by atoms with Crippen LogP contribution in [0.25, 0.3) is 0 Å². The fourth-order valence-electron chi connectivity index (χ4n) is 2.16. The highest BCUT2D eigenvalue weighted by molar-refractivity contribution is 5.59. The van der Waals surface area contributed by atoms with E-state index in [-0.39, 0.29) is 23.6 Å². The highest BCUT2D eigenvalue weighted by Gasteiger charge is 2.07. The standard InChI is InChI=1S/C18H17F2N5O/c1-11(2)26-14-6-4-13(5-7-14)22-18-24-17(10-21-25-18)23-16-8-3-12(19)9-15(16)20/h3-11H,1-2H3,(H2,22,23,24,25). The number of anilines is 4. The molecule has 0 radical (unpaired) electrons. The van der Waals surface area contributed by atoms with Crippen molar-refractivity contribution in [2.24, 2.45) is 0 Å². The summed E-state index contributed by atoms with van der Waals surface area (Å²) in [5.74, 6) is -0.116. The van der Waals surface area contributed by atoms with Gasteiger partial charge in [0.2, 0.25) is 5.95 Å². The molecule has 0 fully saturated rings. The molecule has 8 heteroatoms. The summed E-state index contributed by atoms with van der Waals surface area (Å²) in [5, 5.41) is 13.5. The molecule has 0 atom stereocenters. The molecule has 0 aliphatic rings. The summed E-state index contributed by atoms with van der Waals surface area (Å²) in [4.78, 5) is 4.21. The largest absolute Gasteiger partial charge is 0.491 e. The molecule has 2 N–H and O–H groups in total. The lowest BCUT2D eigenvalue weighted by molar-refractivity contribution is 0.242. The Balaban J connectivity index is 1.71. The van der Waals surface area contributed by atoms with Crippen LogP contribution in [0.3, 0.4) is 0 Å². The topological polar surface area (TPSA) is 72.0 Å². The molecule has 1 aromatic heterocycles. The van der Waals surface area contributed by atoms with Crippen LogP contribution in [0, 0.1) is 11.6 Å². The molecule has 0 spiro atoms. The summed E-state index contributed by atoms with van der Waals surface area (Å²) in [7, 11) is 0. The summed E-state index contributed by atoms with van der Waals surface area (Å²) in [5.41, 5.74) is 0.834. The quantitative estimate of drug-likeness (QED) is 0.680. The van der Waals surface area contributed by atoms with Crippen molar-refractivity contribution < 1.29 is 13.5 Å². The van der Waals surface area contributed by atoms with Crippen LogP contribution in [0.2, 0.25) is 0 Å². The smallest absolute Gasteiger partial charge is 0.249 e. The van der Waals surface area contributed by atoms with Gasteiger partial charge >= 0.3 is 0 Å². The number of rotatable bonds is 6. The van der Waals surface area contributed by atoms with Crippen molar-refractivity contribution in [2.45, 2.75) is 20.0 Å². The Morgan fingerprint density at radius 2 is 1.77 bits per heavy atom. The monoisotopic (exact) mass is 357 g/mol. The van der Waals surface area contributed by atoms with Gasteiger partial charge in [-0.2, -0.15) is 10.1 Å². The predicted molar refractivity (Wildman–Crippen MR) is 95.0 cm³/mol. The van der Waals surface area contributed by atoms with Crippen LogP contribution in [-0.2, 0) is 0 Å². The Hall–Kier alpha value is -3.29. The zero-order valence-electron chi connectivity index (χ0n) is 14.2. The zero-order valence-corrected chi connectivity index (χ0v) is 14.2. The molecule has 0 saturated carbocycles. The number of nitrogens with one attached hydrogen (secondary N) is 2. The maximum atomic E-state index is 13.7. The number of hydrogen-bond donors (Lipinski definition) is 2. The maximum absolute atomic E-state index is 13.7. The van der Waals surface area contributed by atoms with Gasteiger partial charge in [-0.05, 0) is 50.2 Å². The first-order chi connectivity index (χ1) is 12.5. The summed E-state index contributed by atoms with van der Waals surface area (Å²) < 4.78 is 32.3. The SMILES string of the molecule is CC(C)Oc1ccc(Nc2nncc(Nc3ccc(F)cc3F)n2)cc1. The Labute approximate surface area is 149 Å². The van der Waals surface area contributed by atoms with Crippen LogP contribution >= 0.6 is 0 Å². The fraction of sp³-hybridized carbons (Fsp3) is 0.167. The van der Waals surface area contributed by atoms with Crippen molar-refractivity contribution >= 4 is 23.1 Å². The van der Waals surface area contributed by atoms with E-state index >= 15 is 0 Å². The third kappa shape index (κ3) is 4.62. The zero-order chi connectivity index (χ0) is 18.5. The van der Waals surface area contributed by atoms with Gasteiger partial charge in [0.25, 0.3) is 0 Å².